The van der Waals surface area contributed by atoms with Crippen molar-refractivity contribution in [2.75, 3.05) is 4.72 Å². The number of anilines is 1. The van der Waals surface area contributed by atoms with Crippen LogP contribution in [0.5, 0.6) is 0 Å². The molecular formula is C18H13F3N2O2S. The smallest absolute Gasteiger partial charge is 0.263 e. The molecule has 0 fully saturated rings. The van der Waals surface area contributed by atoms with Crippen molar-refractivity contribution in [1.82, 2.24) is 4.98 Å². The highest BCUT2D eigenvalue weighted by molar-refractivity contribution is 7.92. The summed E-state index contributed by atoms with van der Waals surface area (Å²) in [6.45, 7) is 1.69. The fraction of sp³-hybridized carbons (Fsp3) is 0.0556. The molecule has 0 unspecified atom stereocenters. The third kappa shape index (κ3) is 3.70. The van der Waals surface area contributed by atoms with Crippen molar-refractivity contribution >= 4 is 15.8 Å². The minimum Gasteiger partial charge on any atom is -0.263 e. The molecule has 1 aromatic heterocycles. The standard InChI is InChI=1S/C18H13F3N2O2S/c1-11-9-12(19)5-7-14(11)16-3-2-4-18(22-16)23-26(24,25)17-10-13(20)6-8-15(17)21/h2-10H,1H3,(H,22,23). The molecule has 0 saturated carbocycles. The summed E-state index contributed by atoms with van der Waals surface area (Å²) >= 11 is 0. The van der Waals surface area contributed by atoms with E-state index in [-0.39, 0.29) is 5.82 Å². The zero-order valence-corrected chi connectivity index (χ0v) is 14.3. The van der Waals surface area contributed by atoms with E-state index in [1.807, 2.05) is 0 Å². The zero-order valence-electron chi connectivity index (χ0n) is 13.5. The highest BCUT2D eigenvalue weighted by atomic mass is 32.2. The number of nitrogens with one attached hydrogen (secondary N) is 1. The minimum atomic E-state index is -4.37. The molecule has 0 bridgehead atoms. The van der Waals surface area contributed by atoms with Crippen LogP contribution in [0.2, 0.25) is 0 Å². The van der Waals surface area contributed by atoms with E-state index < -0.39 is 32.4 Å². The molecule has 8 heteroatoms. The number of rotatable bonds is 4. The molecule has 0 aliphatic rings. The predicted molar refractivity (Wildman–Crippen MR) is 91.5 cm³/mol. The Morgan fingerprint density at radius 3 is 2.35 bits per heavy atom. The lowest BCUT2D eigenvalue weighted by molar-refractivity contribution is 0.555. The highest BCUT2D eigenvalue weighted by Crippen LogP contribution is 2.25. The Bertz CT molecular complexity index is 1090. The van der Waals surface area contributed by atoms with Gasteiger partial charge in [-0.15, -0.1) is 0 Å². The molecule has 0 aliphatic heterocycles. The zero-order chi connectivity index (χ0) is 18.9. The Hall–Kier alpha value is -2.87. The molecule has 0 spiro atoms. The number of benzene rings is 2. The van der Waals surface area contributed by atoms with Crippen LogP contribution in [-0.2, 0) is 10.0 Å². The lowest BCUT2D eigenvalue weighted by Crippen LogP contribution is -2.16. The Morgan fingerprint density at radius 2 is 1.62 bits per heavy atom. The van der Waals surface area contributed by atoms with Gasteiger partial charge in [0.1, 0.15) is 28.2 Å². The molecule has 0 saturated heterocycles. The summed E-state index contributed by atoms with van der Waals surface area (Å²) in [5.41, 5.74) is 1.64. The van der Waals surface area contributed by atoms with E-state index in [2.05, 4.69) is 9.71 Å². The molecule has 134 valence electrons. The Morgan fingerprint density at radius 1 is 0.923 bits per heavy atom. The van der Waals surface area contributed by atoms with E-state index >= 15 is 0 Å². The first-order valence-electron chi connectivity index (χ1n) is 7.48. The fourth-order valence-corrected chi connectivity index (χ4v) is 3.52. The van der Waals surface area contributed by atoms with Crippen LogP contribution in [-0.4, -0.2) is 13.4 Å². The summed E-state index contributed by atoms with van der Waals surface area (Å²) < 4.78 is 67.1. The van der Waals surface area contributed by atoms with Crippen molar-refractivity contribution in [3.8, 4) is 11.3 Å². The molecule has 1 heterocycles. The molecule has 0 atom stereocenters. The summed E-state index contributed by atoms with van der Waals surface area (Å²) in [5, 5.41) is 0. The molecule has 3 aromatic rings. The number of hydrogen-bond acceptors (Lipinski definition) is 3. The SMILES string of the molecule is Cc1cc(F)ccc1-c1cccc(NS(=O)(=O)c2cc(F)ccc2F)n1. The van der Waals surface area contributed by atoms with Gasteiger partial charge in [0, 0.05) is 5.56 Å². The van der Waals surface area contributed by atoms with Crippen LogP contribution in [0.25, 0.3) is 11.3 Å². The van der Waals surface area contributed by atoms with Crippen LogP contribution in [0.3, 0.4) is 0 Å². The van der Waals surface area contributed by atoms with E-state index in [0.29, 0.717) is 22.9 Å². The number of pyridine rings is 1. The van der Waals surface area contributed by atoms with Crippen LogP contribution in [0.1, 0.15) is 5.56 Å². The summed E-state index contributed by atoms with van der Waals surface area (Å²) in [6.07, 6.45) is 0. The Kier molecular flexibility index (Phi) is 4.69. The van der Waals surface area contributed by atoms with Crippen LogP contribution in [0, 0.1) is 24.4 Å². The molecule has 0 amide bonds. The van der Waals surface area contributed by atoms with Crippen LogP contribution >= 0.6 is 0 Å². The fourth-order valence-electron chi connectivity index (χ4n) is 2.43. The first-order chi connectivity index (χ1) is 12.3. The summed E-state index contributed by atoms with van der Waals surface area (Å²) in [4.78, 5) is 3.35. The molecule has 1 N–H and O–H groups in total. The van der Waals surface area contributed by atoms with E-state index in [4.69, 9.17) is 0 Å². The summed E-state index contributed by atoms with van der Waals surface area (Å²) in [5.74, 6) is -2.43. The van der Waals surface area contributed by atoms with Gasteiger partial charge in [-0.1, -0.05) is 6.07 Å². The largest absolute Gasteiger partial charge is 0.266 e. The lowest BCUT2D eigenvalue weighted by Gasteiger charge is -2.11. The van der Waals surface area contributed by atoms with Crippen LogP contribution < -0.4 is 4.72 Å². The number of aryl methyl sites for hydroxylation is 1. The second-order valence-corrected chi connectivity index (χ2v) is 7.20. The predicted octanol–water partition coefficient (Wildman–Crippen LogP) is 4.28. The molecule has 3 rings (SSSR count). The van der Waals surface area contributed by atoms with Gasteiger partial charge in [-0.25, -0.2) is 26.6 Å². The normalized spacial score (nSPS) is 11.4. The van der Waals surface area contributed by atoms with E-state index in [9.17, 15) is 21.6 Å². The topological polar surface area (TPSA) is 59.1 Å². The minimum absolute atomic E-state index is 0.0742. The second-order valence-electron chi connectivity index (χ2n) is 5.55. The van der Waals surface area contributed by atoms with Gasteiger partial charge in [0.2, 0.25) is 0 Å². The first kappa shape index (κ1) is 17.9. The maximum atomic E-state index is 13.8. The van der Waals surface area contributed by atoms with Gasteiger partial charge < -0.3 is 0 Å². The van der Waals surface area contributed by atoms with Gasteiger partial charge in [-0.2, -0.15) is 0 Å². The van der Waals surface area contributed by atoms with Gasteiger partial charge in [-0.3, -0.25) is 4.72 Å². The van der Waals surface area contributed by atoms with E-state index in [1.165, 1.54) is 24.3 Å². The molecule has 26 heavy (non-hydrogen) atoms. The number of sulfonamides is 1. The Labute approximate surface area is 148 Å². The van der Waals surface area contributed by atoms with Gasteiger partial charge >= 0.3 is 0 Å². The highest BCUT2D eigenvalue weighted by Gasteiger charge is 2.21. The molecular weight excluding hydrogens is 365 g/mol. The third-order valence-corrected chi connectivity index (χ3v) is 5.00. The maximum absolute atomic E-state index is 13.8. The quantitative estimate of drug-likeness (QED) is 0.737. The van der Waals surface area contributed by atoms with Crippen molar-refractivity contribution < 1.29 is 21.6 Å². The summed E-state index contributed by atoms with van der Waals surface area (Å²) in [7, 11) is -4.37. The van der Waals surface area contributed by atoms with Gasteiger partial charge in [0.25, 0.3) is 10.0 Å². The van der Waals surface area contributed by atoms with Crippen molar-refractivity contribution in [2.24, 2.45) is 0 Å². The van der Waals surface area contributed by atoms with Crippen LogP contribution in [0.15, 0.2) is 59.5 Å². The molecule has 4 nitrogen and oxygen atoms in total. The number of nitrogens with zero attached hydrogens (tertiary/aromatic N) is 1. The van der Waals surface area contributed by atoms with Gasteiger partial charge in [-0.05, 0) is 61.0 Å². The third-order valence-electron chi connectivity index (χ3n) is 3.64. The van der Waals surface area contributed by atoms with Gasteiger partial charge in [0.05, 0.1) is 5.69 Å². The van der Waals surface area contributed by atoms with Crippen molar-refractivity contribution in [2.45, 2.75) is 11.8 Å². The van der Waals surface area contributed by atoms with Crippen molar-refractivity contribution in [1.29, 1.82) is 0 Å². The Balaban J connectivity index is 1.97. The second kappa shape index (κ2) is 6.80. The molecule has 2 aromatic carbocycles. The first-order valence-corrected chi connectivity index (χ1v) is 8.96. The van der Waals surface area contributed by atoms with Gasteiger partial charge in [0.15, 0.2) is 0 Å². The monoisotopic (exact) mass is 378 g/mol. The maximum Gasteiger partial charge on any atom is 0.266 e. The van der Waals surface area contributed by atoms with E-state index in [1.54, 1.807) is 19.1 Å². The number of hydrogen-bond donors (Lipinski definition) is 1. The molecule has 0 aliphatic carbocycles. The summed E-state index contributed by atoms with van der Waals surface area (Å²) in [6, 6.07) is 10.8. The average molecular weight is 378 g/mol. The van der Waals surface area contributed by atoms with Crippen molar-refractivity contribution in [3.05, 3.63) is 77.6 Å². The van der Waals surface area contributed by atoms with Crippen LogP contribution in [0.4, 0.5) is 19.0 Å². The number of halogens is 3. The lowest BCUT2D eigenvalue weighted by atomic mass is 10.1. The van der Waals surface area contributed by atoms with E-state index in [0.717, 1.165) is 12.1 Å². The van der Waals surface area contributed by atoms with Crippen molar-refractivity contribution in [3.63, 3.8) is 0 Å². The average Bonchev–Trinajstić information content (AvgIpc) is 2.57. The number of aromatic nitrogens is 1. The molecule has 0 radical (unpaired) electrons.